The van der Waals surface area contributed by atoms with Gasteiger partial charge >= 0.3 is 0 Å². The number of carbonyl (C=O) groups excluding carboxylic acids is 1. The second kappa shape index (κ2) is 12.2. The van der Waals surface area contributed by atoms with Gasteiger partial charge in [-0.1, -0.05) is 36.0 Å². The van der Waals surface area contributed by atoms with Gasteiger partial charge in [-0.05, 0) is 62.7 Å². The van der Waals surface area contributed by atoms with Crippen LogP contribution in [0.3, 0.4) is 0 Å². The molecule has 0 radical (unpaired) electrons. The molecule has 1 saturated heterocycles. The lowest BCUT2D eigenvalue weighted by Crippen LogP contribution is -2.35. The van der Waals surface area contributed by atoms with Gasteiger partial charge in [0.05, 0.1) is 38.8 Å². The predicted molar refractivity (Wildman–Crippen MR) is 172 cm³/mol. The highest BCUT2D eigenvalue weighted by Crippen LogP contribution is 2.38. The SMILES string of the molecule is C[C@@H](OC1C=C(n2cnc3cc(-c4cnn(C)c4)ccc32)C=C(C(N)=O)C1=S)c1ccc(F)c(OC2CCN(C)CC2)c1Cl. The van der Waals surface area contributed by atoms with E-state index in [1.54, 1.807) is 36.3 Å². The Morgan fingerprint density at radius 2 is 1.95 bits per heavy atom. The van der Waals surface area contributed by atoms with E-state index in [0.29, 0.717) is 11.3 Å². The topological polar surface area (TPSA) is 100 Å². The third kappa shape index (κ3) is 5.92. The van der Waals surface area contributed by atoms with Crippen molar-refractivity contribution < 1.29 is 18.7 Å². The second-order valence-electron chi connectivity index (χ2n) is 11.2. The van der Waals surface area contributed by atoms with E-state index in [1.165, 1.54) is 6.07 Å². The molecule has 9 nitrogen and oxygen atoms in total. The lowest BCUT2D eigenvalue weighted by atomic mass is 9.98. The molecule has 0 saturated carbocycles. The molecule has 2 aromatic carbocycles. The maximum atomic E-state index is 14.9. The summed E-state index contributed by atoms with van der Waals surface area (Å²) in [6.07, 6.45) is 8.87. The first kappa shape index (κ1) is 30.1. The van der Waals surface area contributed by atoms with E-state index < -0.39 is 23.9 Å². The van der Waals surface area contributed by atoms with E-state index >= 15 is 0 Å². The van der Waals surface area contributed by atoms with Gasteiger partial charge < -0.3 is 20.1 Å². The Hall–Kier alpha value is -3.90. The molecule has 2 aromatic heterocycles. The Kier molecular flexibility index (Phi) is 8.38. The molecule has 12 heteroatoms. The van der Waals surface area contributed by atoms with Crippen LogP contribution in [0.25, 0.3) is 27.9 Å². The summed E-state index contributed by atoms with van der Waals surface area (Å²) < 4.78 is 30.9. The van der Waals surface area contributed by atoms with E-state index in [-0.39, 0.29) is 27.3 Å². The van der Waals surface area contributed by atoms with Crippen LogP contribution in [0.1, 0.15) is 31.4 Å². The van der Waals surface area contributed by atoms with Crippen molar-refractivity contribution in [2.75, 3.05) is 20.1 Å². The number of amides is 1. The van der Waals surface area contributed by atoms with Crippen LogP contribution in [0.2, 0.25) is 5.02 Å². The fraction of sp³-hybridized carbons (Fsp3) is 0.312. The molecule has 3 heterocycles. The van der Waals surface area contributed by atoms with Gasteiger partial charge in [0.25, 0.3) is 0 Å². The molecule has 2 N–H and O–H groups in total. The number of imidazole rings is 1. The number of ether oxygens (including phenoxy) is 2. The second-order valence-corrected chi connectivity index (χ2v) is 12.0. The lowest BCUT2D eigenvalue weighted by Gasteiger charge is -2.30. The molecule has 2 aliphatic rings. The fourth-order valence-corrected chi connectivity index (χ4v) is 6.23. The number of aryl methyl sites for hydroxylation is 1. The number of benzene rings is 2. The summed E-state index contributed by atoms with van der Waals surface area (Å²) in [5.41, 5.74) is 10.6. The van der Waals surface area contributed by atoms with Crippen LogP contribution < -0.4 is 10.5 Å². The first-order valence-corrected chi connectivity index (χ1v) is 15.1. The molecule has 1 fully saturated rings. The molecule has 4 aromatic rings. The number of piperidine rings is 1. The third-order valence-electron chi connectivity index (χ3n) is 8.09. The number of nitrogens with two attached hydrogens (primary N) is 1. The van der Waals surface area contributed by atoms with Crippen molar-refractivity contribution in [1.29, 1.82) is 0 Å². The van der Waals surface area contributed by atoms with E-state index in [9.17, 15) is 9.18 Å². The largest absolute Gasteiger partial charge is 0.486 e. The van der Waals surface area contributed by atoms with Gasteiger partial charge in [-0.3, -0.25) is 14.0 Å². The van der Waals surface area contributed by atoms with Crippen molar-refractivity contribution in [2.45, 2.75) is 38.1 Å². The predicted octanol–water partition coefficient (Wildman–Crippen LogP) is 5.48. The molecule has 228 valence electrons. The summed E-state index contributed by atoms with van der Waals surface area (Å²) in [6, 6.07) is 8.83. The normalized spacial score (nSPS) is 18.8. The number of primary amides is 1. The molecule has 44 heavy (non-hydrogen) atoms. The first-order chi connectivity index (χ1) is 21.1. The quantitative estimate of drug-likeness (QED) is 0.256. The molecule has 1 aliphatic carbocycles. The monoisotopic (exact) mass is 634 g/mol. The Labute approximate surface area is 264 Å². The third-order valence-corrected chi connectivity index (χ3v) is 8.93. The minimum atomic E-state index is -0.797. The van der Waals surface area contributed by atoms with Gasteiger partial charge in [0.2, 0.25) is 5.91 Å². The Balaban J connectivity index is 1.28. The number of rotatable bonds is 8. The number of allylic oxidation sites excluding steroid dienone is 2. The molecular weight excluding hydrogens is 603 g/mol. The molecule has 0 spiro atoms. The summed E-state index contributed by atoms with van der Waals surface area (Å²) in [4.78, 5) is 19.5. The minimum Gasteiger partial charge on any atom is -0.486 e. The van der Waals surface area contributed by atoms with Gasteiger partial charge in [-0.25, -0.2) is 9.37 Å². The molecule has 6 rings (SSSR count). The van der Waals surface area contributed by atoms with Crippen molar-refractivity contribution in [3.8, 4) is 16.9 Å². The maximum Gasteiger partial charge on any atom is 0.250 e. The van der Waals surface area contributed by atoms with Crippen molar-refractivity contribution in [3.63, 3.8) is 0 Å². The standard InChI is InChI=1S/C32H32ClFN6O3S/c1-18(23-5-6-25(34)30(29(23)33)43-22-8-10-38(2)11-9-22)42-28-14-21(13-24(31(28)44)32(35)41)40-17-36-26-12-19(4-7-27(26)40)20-15-37-39(3)16-20/h4-7,12-18,22,28H,8-11H2,1-3H3,(H2,35,41)/t18-,28?/m1/s1. The maximum absolute atomic E-state index is 14.9. The Bertz CT molecular complexity index is 1820. The molecule has 0 bridgehead atoms. The smallest absolute Gasteiger partial charge is 0.250 e. The highest BCUT2D eigenvalue weighted by molar-refractivity contribution is 7.81. The van der Waals surface area contributed by atoms with Gasteiger partial charge in [0.1, 0.15) is 18.5 Å². The van der Waals surface area contributed by atoms with Gasteiger partial charge in [0.15, 0.2) is 11.6 Å². The number of aromatic nitrogens is 4. The van der Waals surface area contributed by atoms with E-state index in [4.69, 9.17) is 39.0 Å². The number of hydrogen-bond donors (Lipinski definition) is 1. The van der Waals surface area contributed by atoms with Crippen LogP contribution in [0.15, 0.2) is 66.8 Å². The van der Waals surface area contributed by atoms with Crippen LogP contribution in [0.5, 0.6) is 5.75 Å². The number of thiocarbonyl (C=S) groups is 1. The molecule has 2 atom stereocenters. The van der Waals surface area contributed by atoms with Crippen molar-refractivity contribution in [3.05, 3.63) is 83.2 Å². The number of carbonyl (C=O) groups is 1. The fourth-order valence-electron chi connectivity index (χ4n) is 5.60. The van der Waals surface area contributed by atoms with Crippen LogP contribution in [0, 0.1) is 5.82 Å². The highest BCUT2D eigenvalue weighted by atomic mass is 35.5. The summed E-state index contributed by atoms with van der Waals surface area (Å²) in [5.74, 6) is -1.18. The average Bonchev–Trinajstić information content (AvgIpc) is 3.63. The van der Waals surface area contributed by atoms with Crippen molar-refractivity contribution in [2.24, 2.45) is 12.8 Å². The van der Waals surface area contributed by atoms with E-state index in [2.05, 4.69) is 15.0 Å². The van der Waals surface area contributed by atoms with Crippen LogP contribution in [0.4, 0.5) is 4.39 Å². The van der Waals surface area contributed by atoms with Gasteiger partial charge in [-0.15, -0.1) is 0 Å². The van der Waals surface area contributed by atoms with Gasteiger partial charge in [0, 0.05) is 43.2 Å². The lowest BCUT2D eigenvalue weighted by molar-refractivity contribution is -0.114. The zero-order chi connectivity index (χ0) is 31.1. The number of nitrogens with zero attached hydrogens (tertiary/aromatic N) is 5. The molecule has 1 amide bonds. The molecular formula is C32H32ClFN6O3S. The Morgan fingerprint density at radius 1 is 1.18 bits per heavy atom. The summed E-state index contributed by atoms with van der Waals surface area (Å²) in [6.45, 7) is 3.53. The van der Waals surface area contributed by atoms with Crippen LogP contribution in [-0.2, 0) is 16.6 Å². The van der Waals surface area contributed by atoms with Crippen LogP contribution >= 0.6 is 23.8 Å². The highest BCUT2D eigenvalue weighted by Gasteiger charge is 2.30. The number of hydrogen-bond acceptors (Lipinski definition) is 7. The number of halogens is 2. The minimum absolute atomic E-state index is 0.0184. The average molecular weight is 635 g/mol. The first-order valence-electron chi connectivity index (χ1n) is 14.3. The summed E-state index contributed by atoms with van der Waals surface area (Å²) in [5, 5.41) is 4.40. The zero-order valence-electron chi connectivity index (χ0n) is 24.5. The summed E-state index contributed by atoms with van der Waals surface area (Å²) >= 11 is 12.4. The summed E-state index contributed by atoms with van der Waals surface area (Å²) in [7, 11) is 3.92. The van der Waals surface area contributed by atoms with Crippen molar-refractivity contribution >= 4 is 51.3 Å². The molecule has 1 unspecified atom stereocenters. The zero-order valence-corrected chi connectivity index (χ0v) is 26.1. The van der Waals surface area contributed by atoms with Crippen LogP contribution in [-0.4, -0.2) is 67.3 Å². The number of likely N-dealkylation sites (tertiary alicyclic amines) is 1. The van der Waals surface area contributed by atoms with E-state index in [0.717, 1.165) is 48.1 Å². The van der Waals surface area contributed by atoms with E-state index in [1.807, 2.05) is 49.1 Å². The van der Waals surface area contributed by atoms with Gasteiger partial charge in [-0.2, -0.15) is 5.10 Å². The van der Waals surface area contributed by atoms with Crippen molar-refractivity contribution in [1.82, 2.24) is 24.2 Å². The number of fused-ring (bicyclic) bond motifs is 1. The molecule has 1 aliphatic heterocycles. The Morgan fingerprint density at radius 3 is 2.66 bits per heavy atom.